The minimum Gasteiger partial charge on any atom is -0.361 e. The molecule has 0 aliphatic heterocycles. The number of benzene rings is 2. The summed E-state index contributed by atoms with van der Waals surface area (Å²) in [5.41, 5.74) is 7.76. The van der Waals surface area contributed by atoms with E-state index in [1.165, 1.54) is 16.9 Å². The highest BCUT2D eigenvalue weighted by Crippen LogP contribution is 2.28. The van der Waals surface area contributed by atoms with E-state index in [0.717, 1.165) is 27.6 Å². The predicted octanol–water partition coefficient (Wildman–Crippen LogP) is 4.97. The van der Waals surface area contributed by atoms with Crippen molar-refractivity contribution in [2.24, 2.45) is 5.10 Å². The minimum absolute atomic E-state index is 0.202. The Morgan fingerprint density at radius 3 is 2.77 bits per heavy atom. The van der Waals surface area contributed by atoms with Gasteiger partial charge in [0.25, 0.3) is 5.91 Å². The van der Waals surface area contributed by atoms with Crippen LogP contribution in [0.15, 0.2) is 71.3 Å². The molecule has 2 aromatic heterocycles. The molecule has 2 heterocycles. The van der Waals surface area contributed by atoms with Crippen LogP contribution in [-0.4, -0.2) is 17.1 Å². The second-order valence-corrected chi connectivity index (χ2v) is 6.93. The normalized spacial score (nSPS) is 11.3. The maximum atomic E-state index is 12.5. The third kappa shape index (κ3) is 3.17. The molecule has 0 fully saturated rings. The number of fused-ring (bicyclic) bond motifs is 1. The van der Waals surface area contributed by atoms with Crippen LogP contribution in [0.2, 0.25) is 0 Å². The summed E-state index contributed by atoms with van der Waals surface area (Å²) in [6.45, 7) is 2.05. The summed E-state index contributed by atoms with van der Waals surface area (Å²) < 4.78 is 0. The van der Waals surface area contributed by atoms with E-state index in [1.54, 1.807) is 6.21 Å². The van der Waals surface area contributed by atoms with Gasteiger partial charge in [-0.3, -0.25) is 4.79 Å². The number of rotatable bonds is 4. The van der Waals surface area contributed by atoms with Crippen molar-refractivity contribution < 1.29 is 4.79 Å². The van der Waals surface area contributed by atoms with Gasteiger partial charge in [0.05, 0.1) is 6.21 Å². The number of para-hydroxylation sites is 1. The van der Waals surface area contributed by atoms with Crippen LogP contribution in [0.4, 0.5) is 0 Å². The largest absolute Gasteiger partial charge is 0.361 e. The van der Waals surface area contributed by atoms with Crippen molar-refractivity contribution in [3.05, 3.63) is 82.2 Å². The number of hydrazone groups is 1. The molecule has 0 saturated heterocycles. The number of hydrogen-bond donors (Lipinski definition) is 2. The highest BCUT2D eigenvalue weighted by molar-refractivity contribution is 7.12. The van der Waals surface area contributed by atoms with Gasteiger partial charge in [-0.05, 0) is 30.0 Å². The zero-order chi connectivity index (χ0) is 17.9. The summed E-state index contributed by atoms with van der Waals surface area (Å²) >= 11 is 1.42. The van der Waals surface area contributed by atoms with Gasteiger partial charge in [0, 0.05) is 28.2 Å². The van der Waals surface area contributed by atoms with E-state index in [2.05, 4.69) is 15.5 Å². The Balaban J connectivity index is 1.52. The Morgan fingerprint density at radius 2 is 1.92 bits per heavy atom. The maximum absolute atomic E-state index is 12.5. The number of H-pyrrole nitrogens is 1. The van der Waals surface area contributed by atoms with Crippen LogP contribution in [0.1, 0.15) is 20.8 Å². The van der Waals surface area contributed by atoms with E-state index in [4.69, 9.17) is 0 Å². The van der Waals surface area contributed by atoms with Crippen LogP contribution < -0.4 is 5.43 Å². The molecule has 5 heteroatoms. The van der Waals surface area contributed by atoms with Gasteiger partial charge in [-0.2, -0.15) is 5.10 Å². The fraction of sp³-hybridized carbons (Fsp3) is 0.0476. The Bertz CT molecular complexity index is 1090. The molecule has 2 aromatic carbocycles. The zero-order valence-electron chi connectivity index (χ0n) is 14.2. The van der Waals surface area contributed by atoms with E-state index >= 15 is 0 Å². The number of carbonyl (C=O) groups excluding carboxylic acids is 1. The molecule has 4 rings (SSSR count). The monoisotopic (exact) mass is 359 g/mol. The van der Waals surface area contributed by atoms with Crippen LogP contribution >= 0.6 is 11.3 Å². The summed E-state index contributed by atoms with van der Waals surface area (Å²) in [5.74, 6) is -0.202. The van der Waals surface area contributed by atoms with Gasteiger partial charge in [-0.15, -0.1) is 11.3 Å². The highest BCUT2D eigenvalue weighted by Gasteiger charge is 2.14. The number of aromatic nitrogens is 1. The summed E-state index contributed by atoms with van der Waals surface area (Å²) in [6.07, 6.45) is 3.54. The Morgan fingerprint density at radius 1 is 1.12 bits per heavy atom. The van der Waals surface area contributed by atoms with E-state index in [9.17, 15) is 4.79 Å². The second-order valence-electron chi connectivity index (χ2n) is 6.02. The topological polar surface area (TPSA) is 57.2 Å². The lowest BCUT2D eigenvalue weighted by atomic mass is 10.1. The lowest BCUT2D eigenvalue weighted by Crippen LogP contribution is -2.17. The van der Waals surface area contributed by atoms with Gasteiger partial charge < -0.3 is 4.98 Å². The standard InChI is InChI=1S/C21H17N3OS/c1-14-6-8-15(9-7-14)18-10-11-26-20(18)21(25)24-23-13-16-12-22-19-5-3-2-4-17(16)19/h2-13,22H,1H3,(H,24,25)/b23-13+. The number of nitrogens with zero attached hydrogens (tertiary/aromatic N) is 1. The summed E-state index contributed by atoms with van der Waals surface area (Å²) in [7, 11) is 0. The molecule has 0 spiro atoms. The third-order valence-electron chi connectivity index (χ3n) is 4.22. The molecule has 4 aromatic rings. The van der Waals surface area contributed by atoms with Gasteiger partial charge in [0.1, 0.15) is 4.88 Å². The van der Waals surface area contributed by atoms with Crippen LogP contribution in [0.3, 0.4) is 0 Å². The molecule has 0 atom stereocenters. The molecule has 0 aliphatic rings. The Kier molecular flexibility index (Phi) is 4.37. The molecule has 0 bridgehead atoms. The first-order chi connectivity index (χ1) is 12.7. The highest BCUT2D eigenvalue weighted by atomic mass is 32.1. The van der Waals surface area contributed by atoms with Crippen LogP contribution in [0.5, 0.6) is 0 Å². The SMILES string of the molecule is Cc1ccc(-c2ccsc2C(=O)N/N=C/c2c[nH]c3ccccc23)cc1. The van der Waals surface area contributed by atoms with Crippen molar-refractivity contribution in [1.82, 2.24) is 10.4 Å². The molecular weight excluding hydrogens is 342 g/mol. The lowest BCUT2D eigenvalue weighted by Gasteiger charge is -2.03. The Hall–Kier alpha value is -3.18. The van der Waals surface area contributed by atoms with Gasteiger partial charge in [-0.25, -0.2) is 5.43 Å². The fourth-order valence-corrected chi connectivity index (χ4v) is 3.66. The molecular formula is C21H17N3OS. The second kappa shape index (κ2) is 6.98. The number of amides is 1. The smallest absolute Gasteiger partial charge is 0.282 e. The van der Waals surface area contributed by atoms with Crippen molar-refractivity contribution in [3.63, 3.8) is 0 Å². The molecule has 0 aliphatic carbocycles. The van der Waals surface area contributed by atoms with Gasteiger partial charge >= 0.3 is 0 Å². The van der Waals surface area contributed by atoms with Gasteiger partial charge in [-0.1, -0.05) is 48.0 Å². The van der Waals surface area contributed by atoms with Crippen LogP contribution in [0.25, 0.3) is 22.0 Å². The van der Waals surface area contributed by atoms with E-state index in [0.29, 0.717) is 4.88 Å². The average Bonchev–Trinajstić information content (AvgIpc) is 3.30. The molecule has 2 N–H and O–H groups in total. The predicted molar refractivity (Wildman–Crippen MR) is 108 cm³/mol. The first-order valence-electron chi connectivity index (χ1n) is 8.26. The van der Waals surface area contributed by atoms with Crippen molar-refractivity contribution in [1.29, 1.82) is 0 Å². The van der Waals surface area contributed by atoms with Crippen LogP contribution in [-0.2, 0) is 0 Å². The number of hydrogen-bond acceptors (Lipinski definition) is 3. The molecule has 0 radical (unpaired) electrons. The van der Waals surface area contributed by atoms with Gasteiger partial charge in [0.2, 0.25) is 0 Å². The van der Waals surface area contributed by atoms with Crippen molar-refractivity contribution >= 4 is 34.4 Å². The molecule has 0 unspecified atom stereocenters. The molecule has 26 heavy (non-hydrogen) atoms. The average molecular weight is 359 g/mol. The first-order valence-corrected chi connectivity index (χ1v) is 9.14. The number of carbonyl (C=O) groups is 1. The lowest BCUT2D eigenvalue weighted by molar-refractivity contribution is 0.0960. The van der Waals surface area contributed by atoms with Crippen molar-refractivity contribution in [3.8, 4) is 11.1 Å². The van der Waals surface area contributed by atoms with Crippen molar-refractivity contribution in [2.75, 3.05) is 0 Å². The number of nitrogens with one attached hydrogen (secondary N) is 2. The summed E-state index contributed by atoms with van der Waals surface area (Å²) in [4.78, 5) is 16.4. The number of thiophene rings is 1. The first kappa shape index (κ1) is 16.3. The molecule has 128 valence electrons. The van der Waals surface area contributed by atoms with E-state index < -0.39 is 0 Å². The summed E-state index contributed by atoms with van der Waals surface area (Å²) in [5, 5.41) is 7.13. The molecule has 0 saturated carbocycles. The minimum atomic E-state index is -0.202. The van der Waals surface area contributed by atoms with E-state index in [-0.39, 0.29) is 5.91 Å². The van der Waals surface area contributed by atoms with Crippen molar-refractivity contribution in [2.45, 2.75) is 6.92 Å². The fourth-order valence-electron chi connectivity index (χ4n) is 2.86. The molecule has 1 amide bonds. The number of aromatic amines is 1. The third-order valence-corrected chi connectivity index (χ3v) is 5.14. The van der Waals surface area contributed by atoms with Crippen LogP contribution in [0, 0.1) is 6.92 Å². The maximum Gasteiger partial charge on any atom is 0.282 e. The quantitative estimate of drug-likeness (QED) is 0.392. The zero-order valence-corrected chi connectivity index (χ0v) is 15.0. The molecule has 4 nitrogen and oxygen atoms in total. The summed E-state index contributed by atoms with van der Waals surface area (Å²) in [6, 6.07) is 18.1. The van der Waals surface area contributed by atoms with Gasteiger partial charge in [0.15, 0.2) is 0 Å². The van der Waals surface area contributed by atoms with E-state index in [1.807, 2.05) is 73.1 Å². The Labute approximate surface area is 155 Å². The number of aryl methyl sites for hydroxylation is 1.